The summed E-state index contributed by atoms with van der Waals surface area (Å²) in [6.45, 7) is 3.72. The highest BCUT2D eigenvalue weighted by atomic mass is 16.5. The molecule has 1 N–H and O–H groups in total. The van der Waals surface area contributed by atoms with Gasteiger partial charge in [0.25, 0.3) is 5.91 Å². The number of fused-ring (bicyclic) bond motifs is 1. The van der Waals surface area contributed by atoms with E-state index in [4.69, 9.17) is 4.74 Å². The van der Waals surface area contributed by atoms with Gasteiger partial charge in [-0.05, 0) is 38.1 Å². The van der Waals surface area contributed by atoms with Crippen molar-refractivity contribution in [1.29, 1.82) is 0 Å². The minimum Gasteiger partial charge on any atom is -0.484 e. The zero-order valence-corrected chi connectivity index (χ0v) is 18.1. The summed E-state index contributed by atoms with van der Waals surface area (Å²) in [5, 5.41) is 12.6. The number of aryl methyl sites for hydroxylation is 2. The molecule has 0 aliphatic heterocycles. The van der Waals surface area contributed by atoms with E-state index in [0.717, 1.165) is 16.9 Å². The molecule has 0 radical (unpaired) electrons. The van der Waals surface area contributed by atoms with E-state index in [-0.39, 0.29) is 12.5 Å². The largest absolute Gasteiger partial charge is 0.484 e. The smallest absolute Gasteiger partial charge is 0.263 e. The van der Waals surface area contributed by atoms with Crippen LogP contribution < -0.4 is 10.1 Å². The van der Waals surface area contributed by atoms with Crippen molar-refractivity contribution in [1.82, 2.24) is 29.5 Å². The highest BCUT2D eigenvalue weighted by molar-refractivity contribution is 5.92. The molecule has 3 heterocycles. The number of anilines is 1. The molecular weight excluding hydrogens is 418 g/mol. The summed E-state index contributed by atoms with van der Waals surface area (Å²) in [6.07, 6.45) is 3.16. The Morgan fingerprint density at radius 3 is 2.58 bits per heavy atom. The Hall–Kier alpha value is -4.53. The van der Waals surface area contributed by atoms with Crippen LogP contribution in [0, 0.1) is 13.8 Å². The number of nitrogens with zero attached hydrogens (tertiary/aromatic N) is 6. The van der Waals surface area contributed by atoms with Gasteiger partial charge in [-0.15, -0.1) is 0 Å². The van der Waals surface area contributed by atoms with Gasteiger partial charge >= 0.3 is 0 Å². The van der Waals surface area contributed by atoms with Crippen molar-refractivity contribution in [2.75, 3.05) is 11.9 Å². The van der Waals surface area contributed by atoms with Gasteiger partial charge < -0.3 is 10.1 Å². The first-order valence-electron chi connectivity index (χ1n) is 10.4. The Labute approximate surface area is 189 Å². The van der Waals surface area contributed by atoms with Crippen molar-refractivity contribution in [2.24, 2.45) is 0 Å². The van der Waals surface area contributed by atoms with Gasteiger partial charge in [0, 0.05) is 6.07 Å². The molecule has 5 aromatic rings. The highest BCUT2D eigenvalue weighted by Gasteiger charge is 2.17. The second-order valence-corrected chi connectivity index (χ2v) is 7.56. The van der Waals surface area contributed by atoms with Crippen LogP contribution in [-0.2, 0) is 4.79 Å². The van der Waals surface area contributed by atoms with Crippen molar-refractivity contribution in [3.8, 4) is 17.3 Å². The predicted octanol–water partition coefficient (Wildman–Crippen LogP) is 3.64. The summed E-state index contributed by atoms with van der Waals surface area (Å²) < 4.78 is 8.91. The molecule has 0 bridgehead atoms. The van der Waals surface area contributed by atoms with Crippen LogP contribution in [0.25, 0.3) is 22.5 Å². The molecule has 1 amide bonds. The van der Waals surface area contributed by atoms with E-state index in [9.17, 15) is 4.79 Å². The maximum Gasteiger partial charge on any atom is 0.263 e. The molecule has 3 aromatic heterocycles. The van der Waals surface area contributed by atoms with Crippen molar-refractivity contribution in [2.45, 2.75) is 13.8 Å². The first kappa shape index (κ1) is 20.4. The van der Waals surface area contributed by atoms with E-state index in [2.05, 4.69) is 25.5 Å². The fraction of sp³-hybridized carbons (Fsp3) is 0.125. The average Bonchev–Trinajstić information content (AvgIpc) is 3.42. The normalized spacial score (nSPS) is 11.0. The number of amides is 1. The molecule has 0 atom stereocenters. The fourth-order valence-electron chi connectivity index (χ4n) is 3.47. The number of hydrogen-bond donors (Lipinski definition) is 1. The monoisotopic (exact) mass is 439 g/mol. The van der Waals surface area contributed by atoms with Gasteiger partial charge in [0.1, 0.15) is 17.9 Å². The number of carbonyl (C=O) groups is 1. The van der Waals surface area contributed by atoms with Crippen LogP contribution in [0.15, 0.2) is 73.2 Å². The SMILES string of the molecule is Cc1ccc(OCC(=O)Nc2cc(C)nn2-c2ncnc3c2cnn3-c2ccccc2)cc1. The van der Waals surface area contributed by atoms with Crippen LogP contribution in [0.1, 0.15) is 11.3 Å². The molecular formula is C24H21N7O2. The number of aromatic nitrogens is 6. The maximum atomic E-state index is 12.6. The Morgan fingerprint density at radius 1 is 1.00 bits per heavy atom. The van der Waals surface area contributed by atoms with E-state index in [0.29, 0.717) is 28.4 Å². The number of rotatable bonds is 6. The molecule has 164 valence electrons. The van der Waals surface area contributed by atoms with Gasteiger partial charge in [0.05, 0.1) is 23.0 Å². The minimum atomic E-state index is -0.304. The number of carbonyl (C=O) groups excluding carboxylic acids is 1. The van der Waals surface area contributed by atoms with E-state index in [1.165, 1.54) is 6.33 Å². The van der Waals surface area contributed by atoms with Gasteiger partial charge in [-0.3, -0.25) is 4.79 Å². The van der Waals surface area contributed by atoms with Crippen LogP contribution in [0.3, 0.4) is 0 Å². The second kappa shape index (κ2) is 8.54. The summed E-state index contributed by atoms with van der Waals surface area (Å²) in [7, 11) is 0. The lowest BCUT2D eigenvalue weighted by molar-refractivity contribution is -0.118. The highest BCUT2D eigenvalue weighted by Crippen LogP contribution is 2.24. The summed E-state index contributed by atoms with van der Waals surface area (Å²) in [6, 6.07) is 19.0. The maximum absolute atomic E-state index is 12.6. The summed E-state index contributed by atoms with van der Waals surface area (Å²) in [5.41, 5.74) is 3.37. The Morgan fingerprint density at radius 2 is 1.79 bits per heavy atom. The number of nitrogens with one attached hydrogen (secondary N) is 1. The number of para-hydroxylation sites is 1. The first-order chi connectivity index (χ1) is 16.1. The van der Waals surface area contributed by atoms with Crippen molar-refractivity contribution >= 4 is 22.8 Å². The molecule has 2 aromatic carbocycles. The molecule has 0 fully saturated rings. The van der Waals surface area contributed by atoms with Crippen molar-refractivity contribution in [3.05, 3.63) is 84.4 Å². The standard InChI is InChI=1S/C24H21N7O2/c1-16-8-10-19(11-9-16)33-14-22(32)28-21-12-17(2)29-31(21)24-20-13-27-30(23(20)25-15-26-24)18-6-4-3-5-7-18/h3-13,15H,14H2,1-2H3,(H,28,32). The summed E-state index contributed by atoms with van der Waals surface area (Å²) in [4.78, 5) is 21.4. The van der Waals surface area contributed by atoms with Crippen molar-refractivity contribution < 1.29 is 9.53 Å². The lowest BCUT2D eigenvalue weighted by Gasteiger charge is -2.10. The third-order valence-electron chi connectivity index (χ3n) is 5.04. The number of hydrogen-bond acceptors (Lipinski definition) is 6. The summed E-state index contributed by atoms with van der Waals surface area (Å²) in [5.74, 6) is 1.33. The third-order valence-corrected chi connectivity index (χ3v) is 5.04. The van der Waals surface area contributed by atoms with E-state index < -0.39 is 0 Å². The van der Waals surface area contributed by atoms with E-state index in [1.54, 1.807) is 21.6 Å². The molecule has 9 heteroatoms. The zero-order chi connectivity index (χ0) is 22.8. The lowest BCUT2D eigenvalue weighted by atomic mass is 10.2. The van der Waals surface area contributed by atoms with Gasteiger partial charge in [0.15, 0.2) is 18.1 Å². The molecule has 0 saturated heterocycles. The second-order valence-electron chi connectivity index (χ2n) is 7.56. The van der Waals surface area contributed by atoms with Gasteiger partial charge in [-0.25, -0.2) is 14.6 Å². The van der Waals surface area contributed by atoms with Crippen LogP contribution in [0.5, 0.6) is 5.75 Å². The minimum absolute atomic E-state index is 0.127. The van der Waals surface area contributed by atoms with Crippen LogP contribution in [0.4, 0.5) is 5.82 Å². The molecule has 33 heavy (non-hydrogen) atoms. The topological polar surface area (TPSA) is 99.8 Å². The number of ether oxygens (including phenoxy) is 1. The molecule has 0 aliphatic carbocycles. The molecule has 0 aliphatic rings. The Bertz CT molecular complexity index is 1420. The zero-order valence-electron chi connectivity index (χ0n) is 18.1. The van der Waals surface area contributed by atoms with Gasteiger partial charge in [-0.1, -0.05) is 35.9 Å². The lowest BCUT2D eigenvalue weighted by Crippen LogP contribution is -2.22. The average molecular weight is 439 g/mol. The molecule has 5 rings (SSSR count). The van der Waals surface area contributed by atoms with Gasteiger partial charge in [0.2, 0.25) is 0 Å². The van der Waals surface area contributed by atoms with Gasteiger partial charge in [-0.2, -0.15) is 14.9 Å². The Kier molecular flexibility index (Phi) is 5.27. The quantitative estimate of drug-likeness (QED) is 0.434. The Balaban J connectivity index is 1.42. The predicted molar refractivity (Wildman–Crippen MR) is 124 cm³/mol. The summed E-state index contributed by atoms with van der Waals surface area (Å²) >= 11 is 0. The fourth-order valence-corrected chi connectivity index (χ4v) is 3.47. The molecule has 0 saturated carbocycles. The molecule has 0 unspecified atom stereocenters. The van der Waals surface area contributed by atoms with E-state index >= 15 is 0 Å². The first-order valence-corrected chi connectivity index (χ1v) is 10.4. The van der Waals surface area contributed by atoms with E-state index in [1.807, 2.05) is 68.4 Å². The van der Waals surface area contributed by atoms with Crippen molar-refractivity contribution in [3.63, 3.8) is 0 Å². The number of benzene rings is 2. The van der Waals surface area contributed by atoms with Crippen LogP contribution >= 0.6 is 0 Å². The van der Waals surface area contributed by atoms with Crippen LogP contribution in [0.2, 0.25) is 0 Å². The van der Waals surface area contributed by atoms with Crippen LogP contribution in [-0.4, -0.2) is 42.0 Å². The molecule has 0 spiro atoms. The third kappa shape index (κ3) is 4.16. The molecule has 9 nitrogen and oxygen atoms in total.